The zero-order valence-corrected chi connectivity index (χ0v) is 15.5. The lowest BCUT2D eigenvalue weighted by Gasteiger charge is -2.08. The summed E-state index contributed by atoms with van der Waals surface area (Å²) in [6.07, 6.45) is 0. The highest BCUT2D eigenvalue weighted by atomic mass is 16.5. The summed E-state index contributed by atoms with van der Waals surface area (Å²) in [6, 6.07) is 26.1. The highest BCUT2D eigenvalue weighted by molar-refractivity contribution is 5.89. The van der Waals surface area contributed by atoms with E-state index >= 15 is 0 Å². The Morgan fingerprint density at radius 2 is 1.59 bits per heavy atom. The largest absolute Gasteiger partial charge is 0.489 e. The lowest BCUT2D eigenvalue weighted by molar-refractivity contribution is 0.0438. The number of carbonyl (C=O) groups is 1. The fourth-order valence-electron chi connectivity index (χ4n) is 2.67. The van der Waals surface area contributed by atoms with Gasteiger partial charge in [0.1, 0.15) is 12.4 Å². The molecule has 0 radical (unpaired) electrons. The van der Waals surface area contributed by atoms with E-state index in [2.05, 4.69) is 10.2 Å². The Morgan fingerprint density at radius 3 is 2.38 bits per heavy atom. The Labute approximate surface area is 167 Å². The average molecular weight is 386 g/mol. The molecule has 4 rings (SSSR count). The van der Waals surface area contributed by atoms with Crippen LogP contribution in [0.5, 0.6) is 5.75 Å². The van der Waals surface area contributed by atoms with Crippen LogP contribution in [0.1, 0.15) is 21.8 Å². The van der Waals surface area contributed by atoms with E-state index in [-0.39, 0.29) is 12.5 Å². The van der Waals surface area contributed by atoms with Gasteiger partial charge in [0.15, 0.2) is 6.61 Å². The van der Waals surface area contributed by atoms with Crippen molar-refractivity contribution in [3.63, 3.8) is 0 Å². The van der Waals surface area contributed by atoms with Crippen LogP contribution in [0, 0.1) is 0 Å². The van der Waals surface area contributed by atoms with E-state index in [0.717, 1.165) is 11.1 Å². The highest BCUT2D eigenvalue weighted by Crippen LogP contribution is 2.19. The number of hydrogen-bond donors (Lipinski definition) is 0. The van der Waals surface area contributed by atoms with Crippen molar-refractivity contribution in [1.82, 2.24) is 10.2 Å². The molecule has 144 valence electrons. The minimum atomic E-state index is -0.491. The smallest absolute Gasteiger partial charge is 0.338 e. The maximum Gasteiger partial charge on any atom is 0.338 e. The Hall–Kier alpha value is -3.93. The first kappa shape index (κ1) is 18.4. The van der Waals surface area contributed by atoms with E-state index < -0.39 is 5.97 Å². The van der Waals surface area contributed by atoms with Crippen LogP contribution in [-0.2, 0) is 18.0 Å². The third-order valence-corrected chi connectivity index (χ3v) is 4.13. The van der Waals surface area contributed by atoms with Gasteiger partial charge in [-0.05, 0) is 35.9 Å². The lowest BCUT2D eigenvalue weighted by atomic mass is 10.2. The topological polar surface area (TPSA) is 74.5 Å². The summed E-state index contributed by atoms with van der Waals surface area (Å²) in [7, 11) is 0. The third kappa shape index (κ3) is 4.87. The molecule has 0 saturated heterocycles. The van der Waals surface area contributed by atoms with Gasteiger partial charge in [-0.25, -0.2) is 4.79 Å². The van der Waals surface area contributed by atoms with Crippen LogP contribution in [0.3, 0.4) is 0 Å². The van der Waals surface area contributed by atoms with Crippen LogP contribution in [-0.4, -0.2) is 16.2 Å². The van der Waals surface area contributed by atoms with Gasteiger partial charge in [0.05, 0.1) is 5.56 Å². The number of rotatable bonds is 7. The van der Waals surface area contributed by atoms with Gasteiger partial charge in [0.25, 0.3) is 5.89 Å². The Kier molecular flexibility index (Phi) is 5.62. The number of nitrogens with zero attached hydrogens (tertiary/aromatic N) is 2. The van der Waals surface area contributed by atoms with Crippen LogP contribution in [0.15, 0.2) is 89.3 Å². The fraction of sp³-hybridized carbons (Fsp3) is 0.0870. The van der Waals surface area contributed by atoms with Gasteiger partial charge in [-0.1, -0.05) is 54.6 Å². The molecule has 0 bridgehead atoms. The molecule has 6 heteroatoms. The Bertz CT molecular complexity index is 1080. The quantitative estimate of drug-likeness (QED) is 0.430. The molecule has 0 aliphatic rings. The van der Waals surface area contributed by atoms with E-state index in [1.54, 1.807) is 24.3 Å². The van der Waals surface area contributed by atoms with Gasteiger partial charge in [-0.3, -0.25) is 0 Å². The molecule has 0 aliphatic carbocycles. The highest BCUT2D eigenvalue weighted by Gasteiger charge is 2.13. The molecule has 6 nitrogen and oxygen atoms in total. The summed E-state index contributed by atoms with van der Waals surface area (Å²) >= 11 is 0. The predicted octanol–water partition coefficient (Wildman–Crippen LogP) is 4.67. The van der Waals surface area contributed by atoms with Gasteiger partial charge in [0.2, 0.25) is 5.89 Å². The molecule has 0 unspecified atom stereocenters. The van der Waals surface area contributed by atoms with E-state index in [0.29, 0.717) is 23.8 Å². The van der Waals surface area contributed by atoms with Crippen molar-refractivity contribution in [3.8, 4) is 17.2 Å². The molecular weight excluding hydrogens is 368 g/mol. The molecule has 0 aliphatic heterocycles. The number of hydrogen-bond acceptors (Lipinski definition) is 6. The summed E-state index contributed by atoms with van der Waals surface area (Å²) in [4.78, 5) is 12.4. The molecule has 0 N–H and O–H groups in total. The number of aromatic nitrogens is 2. The van der Waals surface area contributed by atoms with E-state index in [1.165, 1.54) is 0 Å². The summed E-state index contributed by atoms with van der Waals surface area (Å²) in [6.45, 7) is 0.317. The van der Waals surface area contributed by atoms with Crippen molar-refractivity contribution in [3.05, 3.63) is 102 Å². The van der Waals surface area contributed by atoms with Crippen LogP contribution in [0.4, 0.5) is 0 Å². The minimum Gasteiger partial charge on any atom is -0.489 e. The molecular formula is C23H18N2O4. The van der Waals surface area contributed by atoms with Crippen molar-refractivity contribution in [1.29, 1.82) is 0 Å². The van der Waals surface area contributed by atoms with Gasteiger partial charge in [-0.2, -0.15) is 0 Å². The monoisotopic (exact) mass is 386 g/mol. The third-order valence-electron chi connectivity index (χ3n) is 4.13. The first-order chi connectivity index (χ1) is 14.3. The zero-order chi connectivity index (χ0) is 19.9. The van der Waals surface area contributed by atoms with E-state index in [1.807, 2.05) is 60.7 Å². The zero-order valence-electron chi connectivity index (χ0n) is 15.5. The molecule has 0 amide bonds. The molecule has 29 heavy (non-hydrogen) atoms. The normalized spacial score (nSPS) is 10.5. The van der Waals surface area contributed by atoms with Crippen LogP contribution >= 0.6 is 0 Å². The second-order valence-electron chi connectivity index (χ2n) is 6.25. The van der Waals surface area contributed by atoms with Gasteiger partial charge >= 0.3 is 5.97 Å². The maximum absolute atomic E-state index is 12.4. The van der Waals surface area contributed by atoms with Crippen molar-refractivity contribution in [2.75, 3.05) is 0 Å². The summed E-state index contributed by atoms with van der Waals surface area (Å²) in [5, 5.41) is 7.90. The molecule has 0 spiro atoms. The Balaban J connectivity index is 1.35. The first-order valence-electron chi connectivity index (χ1n) is 9.10. The van der Waals surface area contributed by atoms with Crippen molar-refractivity contribution < 1.29 is 18.7 Å². The number of benzene rings is 3. The summed E-state index contributed by atoms with van der Waals surface area (Å²) in [5.41, 5.74) is 2.24. The molecule has 0 fully saturated rings. The van der Waals surface area contributed by atoms with Crippen molar-refractivity contribution in [2.24, 2.45) is 0 Å². The van der Waals surface area contributed by atoms with E-state index in [4.69, 9.17) is 13.9 Å². The number of esters is 1. The van der Waals surface area contributed by atoms with Crippen molar-refractivity contribution in [2.45, 2.75) is 13.2 Å². The molecule has 3 aromatic carbocycles. The number of ether oxygens (including phenoxy) is 2. The second kappa shape index (κ2) is 8.84. The average Bonchev–Trinajstić information content (AvgIpc) is 3.27. The molecule has 0 atom stereocenters. The maximum atomic E-state index is 12.4. The molecule has 0 saturated carbocycles. The lowest BCUT2D eigenvalue weighted by Crippen LogP contribution is -2.06. The molecule has 1 heterocycles. The minimum absolute atomic E-state index is 0.103. The van der Waals surface area contributed by atoms with Gasteiger partial charge in [-0.15, -0.1) is 10.2 Å². The molecule has 1 aromatic heterocycles. The summed E-state index contributed by atoms with van der Waals surface area (Å²) < 4.78 is 16.6. The predicted molar refractivity (Wildman–Crippen MR) is 106 cm³/mol. The number of carbonyl (C=O) groups excluding carboxylic acids is 1. The van der Waals surface area contributed by atoms with Crippen molar-refractivity contribution >= 4 is 5.97 Å². The first-order valence-corrected chi connectivity index (χ1v) is 9.10. The van der Waals surface area contributed by atoms with E-state index in [9.17, 15) is 4.79 Å². The van der Waals surface area contributed by atoms with Crippen LogP contribution in [0.2, 0.25) is 0 Å². The second-order valence-corrected chi connectivity index (χ2v) is 6.25. The fourth-order valence-corrected chi connectivity index (χ4v) is 2.67. The molecule has 4 aromatic rings. The van der Waals surface area contributed by atoms with Crippen LogP contribution < -0.4 is 4.74 Å². The van der Waals surface area contributed by atoms with Gasteiger partial charge in [0, 0.05) is 5.56 Å². The Morgan fingerprint density at radius 1 is 0.828 bits per heavy atom. The summed E-state index contributed by atoms with van der Waals surface area (Å²) in [5.74, 6) is 0.712. The van der Waals surface area contributed by atoms with Crippen LogP contribution in [0.25, 0.3) is 11.5 Å². The van der Waals surface area contributed by atoms with Gasteiger partial charge < -0.3 is 13.9 Å². The standard InChI is InChI=1S/C23H18N2O4/c26-23(28-16-21-24-25-22(29-21)18-10-5-2-6-11-18)19-12-7-13-20(14-19)27-15-17-8-3-1-4-9-17/h1-14H,15-16H2. The SMILES string of the molecule is O=C(OCc1nnc(-c2ccccc2)o1)c1cccc(OCc2ccccc2)c1.